The number of rotatable bonds is 6. The third kappa shape index (κ3) is 4.16. The van der Waals surface area contributed by atoms with Crippen molar-refractivity contribution in [3.63, 3.8) is 0 Å². The molecule has 0 heterocycles. The topological polar surface area (TPSA) is 0 Å². The lowest BCUT2D eigenvalue weighted by molar-refractivity contribution is 0.897. The minimum absolute atomic E-state index is 1.11. The van der Waals surface area contributed by atoms with Crippen molar-refractivity contribution < 1.29 is 0 Å². The van der Waals surface area contributed by atoms with Gasteiger partial charge in [-0.05, 0) is 108 Å². The van der Waals surface area contributed by atoms with Crippen molar-refractivity contribution in [3.8, 4) is 22.3 Å². The maximum atomic E-state index is 2.45. The molecule has 0 atom stereocenters. The highest BCUT2D eigenvalue weighted by Gasteiger charge is 2.17. The molecule has 0 spiro atoms. The zero-order valence-electron chi connectivity index (χ0n) is 23.4. The van der Waals surface area contributed by atoms with E-state index in [1.807, 2.05) is 0 Å². The number of hydrogen-bond donors (Lipinski definition) is 0. The highest BCUT2D eigenvalue weighted by molar-refractivity contribution is 6.23. The molecule has 0 bridgehead atoms. The molecule has 194 valence electrons. The SMILES string of the molecule is CCCc1ccc(-c2ccc3c(-c4c5ccccc5cc5ccccc45)c4ccccc4cc3c2)c(CCC)c1. The van der Waals surface area contributed by atoms with E-state index in [0.717, 1.165) is 19.3 Å². The summed E-state index contributed by atoms with van der Waals surface area (Å²) in [7, 11) is 0. The molecule has 0 aromatic heterocycles. The third-order valence-electron chi connectivity index (χ3n) is 8.42. The van der Waals surface area contributed by atoms with E-state index < -0.39 is 0 Å². The largest absolute Gasteiger partial charge is 0.0651 e. The molecule has 0 radical (unpaired) electrons. The van der Waals surface area contributed by atoms with Crippen LogP contribution in [0.15, 0.2) is 121 Å². The van der Waals surface area contributed by atoms with E-state index in [4.69, 9.17) is 0 Å². The Bertz CT molecular complexity index is 1970. The zero-order chi connectivity index (χ0) is 27.1. The van der Waals surface area contributed by atoms with Crippen LogP contribution in [0.2, 0.25) is 0 Å². The maximum absolute atomic E-state index is 2.45. The van der Waals surface area contributed by atoms with Crippen molar-refractivity contribution in [2.24, 2.45) is 0 Å². The Hall–Kier alpha value is -4.42. The van der Waals surface area contributed by atoms with Gasteiger partial charge in [0.15, 0.2) is 0 Å². The van der Waals surface area contributed by atoms with E-state index in [9.17, 15) is 0 Å². The second-order valence-electron chi connectivity index (χ2n) is 11.1. The van der Waals surface area contributed by atoms with E-state index in [1.165, 1.54) is 82.9 Å². The maximum Gasteiger partial charge on any atom is -0.00143 e. The van der Waals surface area contributed by atoms with Gasteiger partial charge in [0.25, 0.3) is 0 Å². The molecule has 0 heteroatoms. The smallest absolute Gasteiger partial charge is 0.00143 e. The summed E-state index contributed by atoms with van der Waals surface area (Å²) in [5, 5.41) is 10.4. The molecule has 7 aromatic carbocycles. The Kier molecular flexibility index (Phi) is 6.33. The van der Waals surface area contributed by atoms with Crippen LogP contribution in [0.5, 0.6) is 0 Å². The van der Waals surface area contributed by atoms with Gasteiger partial charge in [-0.3, -0.25) is 0 Å². The normalized spacial score (nSPS) is 11.7. The molecular formula is C40H34. The summed E-state index contributed by atoms with van der Waals surface area (Å²) in [6, 6.07) is 45.6. The number of aryl methyl sites for hydroxylation is 2. The molecule has 0 amide bonds. The molecule has 0 aliphatic rings. The van der Waals surface area contributed by atoms with Crippen molar-refractivity contribution in [3.05, 3.63) is 132 Å². The van der Waals surface area contributed by atoms with Crippen LogP contribution in [0.4, 0.5) is 0 Å². The third-order valence-corrected chi connectivity index (χ3v) is 8.42. The summed E-state index contributed by atoms with van der Waals surface area (Å²) < 4.78 is 0. The molecule has 0 unspecified atom stereocenters. The predicted molar refractivity (Wildman–Crippen MR) is 175 cm³/mol. The lowest BCUT2D eigenvalue weighted by Crippen LogP contribution is -1.94. The van der Waals surface area contributed by atoms with Gasteiger partial charge in [0.1, 0.15) is 0 Å². The average molecular weight is 515 g/mol. The lowest BCUT2D eigenvalue weighted by Gasteiger charge is -2.18. The molecule has 40 heavy (non-hydrogen) atoms. The Morgan fingerprint density at radius 3 is 1.52 bits per heavy atom. The molecule has 0 fully saturated rings. The molecule has 0 N–H and O–H groups in total. The molecule has 0 nitrogen and oxygen atoms in total. The highest BCUT2D eigenvalue weighted by atomic mass is 14.2. The van der Waals surface area contributed by atoms with E-state index in [1.54, 1.807) is 0 Å². The first-order valence-corrected chi connectivity index (χ1v) is 14.7. The van der Waals surface area contributed by atoms with Crippen molar-refractivity contribution in [2.45, 2.75) is 39.5 Å². The van der Waals surface area contributed by atoms with Gasteiger partial charge in [-0.1, -0.05) is 130 Å². The number of hydrogen-bond acceptors (Lipinski definition) is 0. The number of fused-ring (bicyclic) bond motifs is 4. The van der Waals surface area contributed by atoms with Crippen LogP contribution in [-0.4, -0.2) is 0 Å². The monoisotopic (exact) mass is 514 g/mol. The minimum atomic E-state index is 1.11. The summed E-state index contributed by atoms with van der Waals surface area (Å²) in [6.07, 6.45) is 4.58. The standard InChI is InChI=1S/C40H34/c1-3-11-27-19-21-34(28(23-27)12-4-2)32-20-22-38-33(26-32)25-31-15-7-10-18-37(31)40(38)39-35-16-8-5-13-29(35)24-30-14-6-9-17-36(30)39/h5-10,13-26H,3-4,11-12H2,1-2H3. The summed E-state index contributed by atoms with van der Waals surface area (Å²) in [6.45, 7) is 4.54. The second-order valence-corrected chi connectivity index (χ2v) is 11.1. The number of benzene rings is 7. The van der Waals surface area contributed by atoms with E-state index in [2.05, 4.69) is 135 Å². The van der Waals surface area contributed by atoms with Gasteiger partial charge in [-0.15, -0.1) is 0 Å². The Morgan fingerprint density at radius 1 is 0.425 bits per heavy atom. The fraction of sp³-hybridized carbons (Fsp3) is 0.150. The molecule has 0 aliphatic carbocycles. The summed E-state index contributed by atoms with van der Waals surface area (Å²) in [5.41, 5.74) is 8.26. The summed E-state index contributed by atoms with van der Waals surface area (Å²) in [4.78, 5) is 0. The predicted octanol–water partition coefficient (Wildman–Crippen LogP) is 11.5. The first kappa shape index (κ1) is 24.6. The first-order valence-electron chi connectivity index (χ1n) is 14.7. The molecule has 0 saturated carbocycles. The van der Waals surface area contributed by atoms with Gasteiger partial charge in [0, 0.05) is 0 Å². The zero-order valence-corrected chi connectivity index (χ0v) is 23.4. The van der Waals surface area contributed by atoms with Gasteiger partial charge >= 0.3 is 0 Å². The van der Waals surface area contributed by atoms with Crippen LogP contribution in [0.25, 0.3) is 65.3 Å². The fourth-order valence-corrected chi connectivity index (χ4v) is 6.64. The average Bonchev–Trinajstić information content (AvgIpc) is 2.99. The van der Waals surface area contributed by atoms with Crippen molar-refractivity contribution >= 4 is 43.1 Å². The Balaban J connectivity index is 1.55. The molecule has 0 aliphatic heterocycles. The lowest BCUT2D eigenvalue weighted by atomic mass is 9.85. The molecular weight excluding hydrogens is 480 g/mol. The molecule has 7 rings (SSSR count). The Morgan fingerprint density at radius 2 is 0.950 bits per heavy atom. The van der Waals surface area contributed by atoms with Gasteiger partial charge < -0.3 is 0 Å². The van der Waals surface area contributed by atoms with Crippen LogP contribution in [0, 0.1) is 0 Å². The van der Waals surface area contributed by atoms with E-state index >= 15 is 0 Å². The van der Waals surface area contributed by atoms with Crippen molar-refractivity contribution in [2.75, 3.05) is 0 Å². The van der Waals surface area contributed by atoms with Crippen LogP contribution >= 0.6 is 0 Å². The Labute approximate surface area is 236 Å². The summed E-state index contributed by atoms with van der Waals surface area (Å²) in [5.74, 6) is 0. The van der Waals surface area contributed by atoms with Crippen LogP contribution in [0.1, 0.15) is 37.8 Å². The molecule has 7 aromatic rings. The van der Waals surface area contributed by atoms with Crippen LogP contribution < -0.4 is 0 Å². The van der Waals surface area contributed by atoms with E-state index in [-0.39, 0.29) is 0 Å². The van der Waals surface area contributed by atoms with E-state index in [0.29, 0.717) is 0 Å². The van der Waals surface area contributed by atoms with Gasteiger partial charge in [-0.2, -0.15) is 0 Å². The van der Waals surface area contributed by atoms with Crippen molar-refractivity contribution in [1.82, 2.24) is 0 Å². The van der Waals surface area contributed by atoms with Gasteiger partial charge in [-0.25, -0.2) is 0 Å². The fourth-order valence-electron chi connectivity index (χ4n) is 6.64. The quantitative estimate of drug-likeness (QED) is 0.194. The van der Waals surface area contributed by atoms with Gasteiger partial charge in [0.2, 0.25) is 0 Å². The highest BCUT2D eigenvalue weighted by Crippen LogP contribution is 2.44. The molecule has 0 saturated heterocycles. The summed E-state index contributed by atoms with van der Waals surface area (Å²) >= 11 is 0. The van der Waals surface area contributed by atoms with Gasteiger partial charge in [0.05, 0.1) is 0 Å². The van der Waals surface area contributed by atoms with Crippen LogP contribution in [0.3, 0.4) is 0 Å². The van der Waals surface area contributed by atoms with Crippen molar-refractivity contribution in [1.29, 1.82) is 0 Å². The second kappa shape index (κ2) is 10.3. The van der Waals surface area contributed by atoms with Crippen LogP contribution in [-0.2, 0) is 12.8 Å². The first-order chi connectivity index (χ1) is 19.7. The minimum Gasteiger partial charge on any atom is -0.0651 e.